The molecule has 1 fully saturated rings. The zero-order chi connectivity index (χ0) is 21.5. The first-order valence-corrected chi connectivity index (χ1v) is 10.2. The number of nitro benzene ring substituents is 1. The van der Waals surface area contributed by atoms with Crippen molar-refractivity contribution in [2.45, 2.75) is 32.2 Å². The number of carbonyl (C=O) groups excluding carboxylic acids is 1. The Morgan fingerprint density at radius 3 is 2.37 bits per heavy atom. The van der Waals surface area contributed by atoms with Gasteiger partial charge in [-0.3, -0.25) is 19.8 Å². The van der Waals surface area contributed by atoms with Gasteiger partial charge >= 0.3 is 5.69 Å². The average molecular weight is 413 g/mol. The molecule has 1 saturated heterocycles. The number of nitrogens with zero attached hydrogens (tertiary/aromatic N) is 3. The van der Waals surface area contributed by atoms with Gasteiger partial charge in [-0.15, -0.1) is 0 Å². The van der Waals surface area contributed by atoms with E-state index in [1.54, 1.807) is 0 Å². The monoisotopic (exact) mass is 413 g/mol. The molecule has 1 heterocycles. The molecule has 0 radical (unpaired) electrons. The number of hydrogen-bond donors (Lipinski definition) is 2. The molecular weight excluding hydrogens is 386 g/mol. The average Bonchev–Trinajstić information content (AvgIpc) is 2.74. The Morgan fingerprint density at radius 2 is 1.70 bits per heavy atom. The Kier molecular flexibility index (Phi) is 7.24. The number of hydrogen-bond acceptors (Lipinski definition) is 6. The molecule has 2 N–H and O–H groups in total. The van der Waals surface area contributed by atoms with E-state index in [9.17, 15) is 25.1 Å². The second-order valence-corrected chi connectivity index (χ2v) is 7.59. The van der Waals surface area contributed by atoms with E-state index in [1.165, 1.54) is 17.7 Å². The molecule has 0 aliphatic carbocycles. The van der Waals surface area contributed by atoms with Gasteiger partial charge in [-0.1, -0.05) is 30.3 Å². The minimum Gasteiger partial charge on any atom is -0.504 e. The molecule has 0 unspecified atom stereocenters. The highest BCUT2D eigenvalue weighted by Crippen LogP contribution is 2.36. The van der Waals surface area contributed by atoms with Gasteiger partial charge in [-0.25, -0.2) is 0 Å². The van der Waals surface area contributed by atoms with Crippen LogP contribution in [0.1, 0.15) is 30.4 Å². The summed E-state index contributed by atoms with van der Waals surface area (Å²) in [5.41, 5.74) is 1.34. The standard InChI is InChI=1S/C22H27N3O5/c26-20-15-18(14-19(22(20)28)25(29)30)8-4-5-9-21(27)24-12-10-23(11-13-24)16-17-6-2-1-3-7-17/h1-3,6-7,14-15,26,28H,4-5,8-13,16H2. The summed E-state index contributed by atoms with van der Waals surface area (Å²) in [5, 5.41) is 30.1. The molecule has 0 spiro atoms. The van der Waals surface area contributed by atoms with Crippen LogP contribution in [0.25, 0.3) is 0 Å². The van der Waals surface area contributed by atoms with Crippen LogP contribution in [0.4, 0.5) is 5.69 Å². The lowest BCUT2D eigenvalue weighted by atomic mass is 10.0. The number of aromatic hydroxyl groups is 2. The van der Waals surface area contributed by atoms with Crippen molar-refractivity contribution in [3.05, 3.63) is 63.7 Å². The largest absolute Gasteiger partial charge is 0.504 e. The van der Waals surface area contributed by atoms with Gasteiger partial charge in [-0.2, -0.15) is 0 Å². The summed E-state index contributed by atoms with van der Waals surface area (Å²) < 4.78 is 0. The van der Waals surface area contributed by atoms with Gasteiger partial charge in [0, 0.05) is 45.2 Å². The fraction of sp³-hybridized carbons (Fsp3) is 0.409. The van der Waals surface area contributed by atoms with Crippen LogP contribution in [0, 0.1) is 10.1 Å². The second-order valence-electron chi connectivity index (χ2n) is 7.59. The smallest absolute Gasteiger partial charge is 0.314 e. The molecular formula is C22H27N3O5. The summed E-state index contributed by atoms with van der Waals surface area (Å²) in [6.07, 6.45) is 2.26. The number of unbranched alkanes of at least 4 members (excludes halogenated alkanes) is 1. The van der Waals surface area contributed by atoms with Crippen LogP contribution in [0.3, 0.4) is 0 Å². The Bertz CT molecular complexity index is 880. The number of benzene rings is 2. The molecule has 8 nitrogen and oxygen atoms in total. The molecule has 1 aliphatic rings. The van der Waals surface area contributed by atoms with Crippen LogP contribution < -0.4 is 0 Å². The third-order valence-corrected chi connectivity index (χ3v) is 5.41. The van der Waals surface area contributed by atoms with Gasteiger partial charge < -0.3 is 15.1 Å². The van der Waals surface area contributed by atoms with Gasteiger partial charge in [0.15, 0.2) is 5.75 Å². The predicted molar refractivity (Wildman–Crippen MR) is 112 cm³/mol. The summed E-state index contributed by atoms with van der Waals surface area (Å²) >= 11 is 0. The van der Waals surface area contributed by atoms with Crippen molar-refractivity contribution >= 4 is 11.6 Å². The fourth-order valence-electron chi connectivity index (χ4n) is 3.70. The number of piperazine rings is 1. The lowest BCUT2D eigenvalue weighted by Gasteiger charge is -2.34. The maximum atomic E-state index is 12.5. The summed E-state index contributed by atoms with van der Waals surface area (Å²) in [4.78, 5) is 26.9. The molecule has 30 heavy (non-hydrogen) atoms. The van der Waals surface area contributed by atoms with Crippen molar-refractivity contribution < 1.29 is 19.9 Å². The Labute approximate surface area is 175 Å². The van der Waals surface area contributed by atoms with E-state index in [0.29, 0.717) is 31.2 Å². The van der Waals surface area contributed by atoms with E-state index >= 15 is 0 Å². The quantitative estimate of drug-likeness (QED) is 0.298. The number of phenols is 2. The highest BCUT2D eigenvalue weighted by Gasteiger charge is 2.21. The molecule has 2 aromatic carbocycles. The second kappa shape index (κ2) is 10.1. The third kappa shape index (κ3) is 5.70. The van der Waals surface area contributed by atoms with Gasteiger partial charge in [0.1, 0.15) is 0 Å². The van der Waals surface area contributed by atoms with Crippen molar-refractivity contribution in [2.24, 2.45) is 0 Å². The summed E-state index contributed by atoms with van der Waals surface area (Å²) in [7, 11) is 0. The first-order chi connectivity index (χ1) is 14.4. The van der Waals surface area contributed by atoms with Crippen LogP contribution in [0.5, 0.6) is 11.5 Å². The van der Waals surface area contributed by atoms with Gasteiger partial charge in [0.25, 0.3) is 0 Å². The van der Waals surface area contributed by atoms with Gasteiger partial charge in [0.2, 0.25) is 11.7 Å². The van der Waals surface area contributed by atoms with Crippen LogP contribution in [0.15, 0.2) is 42.5 Å². The zero-order valence-corrected chi connectivity index (χ0v) is 16.9. The van der Waals surface area contributed by atoms with Crippen molar-refractivity contribution in [1.82, 2.24) is 9.80 Å². The van der Waals surface area contributed by atoms with E-state index < -0.39 is 22.1 Å². The minimum absolute atomic E-state index is 0.133. The number of carbonyl (C=O) groups is 1. The highest BCUT2D eigenvalue weighted by molar-refractivity contribution is 5.76. The maximum Gasteiger partial charge on any atom is 0.314 e. The van der Waals surface area contributed by atoms with E-state index in [2.05, 4.69) is 17.0 Å². The molecule has 0 aromatic heterocycles. The van der Waals surface area contributed by atoms with E-state index in [-0.39, 0.29) is 5.91 Å². The van der Waals surface area contributed by atoms with Crippen molar-refractivity contribution in [1.29, 1.82) is 0 Å². The Balaban J connectivity index is 1.39. The summed E-state index contributed by atoms with van der Waals surface area (Å²) in [5.74, 6) is -1.08. The molecule has 1 amide bonds. The predicted octanol–water partition coefficient (Wildman–Crippen LogP) is 3.06. The van der Waals surface area contributed by atoms with Crippen LogP contribution in [-0.4, -0.2) is 57.0 Å². The maximum absolute atomic E-state index is 12.5. The van der Waals surface area contributed by atoms with E-state index in [0.717, 1.165) is 32.7 Å². The van der Waals surface area contributed by atoms with Crippen LogP contribution >= 0.6 is 0 Å². The number of nitro groups is 1. The number of amides is 1. The fourth-order valence-corrected chi connectivity index (χ4v) is 3.70. The normalized spacial score (nSPS) is 14.6. The lowest BCUT2D eigenvalue weighted by Crippen LogP contribution is -2.48. The first-order valence-electron chi connectivity index (χ1n) is 10.2. The van der Waals surface area contributed by atoms with Crippen LogP contribution in [0.2, 0.25) is 0 Å². The van der Waals surface area contributed by atoms with Crippen molar-refractivity contribution in [2.75, 3.05) is 26.2 Å². The van der Waals surface area contributed by atoms with Crippen molar-refractivity contribution in [3.8, 4) is 11.5 Å². The molecule has 160 valence electrons. The number of rotatable bonds is 8. The van der Waals surface area contributed by atoms with Gasteiger partial charge in [-0.05, 0) is 36.5 Å². The molecule has 1 aliphatic heterocycles. The lowest BCUT2D eigenvalue weighted by molar-refractivity contribution is -0.386. The number of aryl methyl sites for hydroxylation is 1. The van der Waals surface area contributed by atoms with Crippen molar-refractivity contribution in [3.63, 3.8) is 0 Å². The summed E-state index contributed by atoms with van der Waals surface area (Å²) in [6, 6.07) is 12.9. The van der Waals surface area contributed by atoms with E-state index in [4.69, 9.17) is 0 Å². The van der Waals surface area contributed by atoms with Gasteiger partial charge in [0.05, 0.1) is 4.92 Å². The summed E-state index contributed by atoms with van der Waals surface area (Å²) in [6.45, 7) is 4.07. The Morgan fingerprint density at radius 1 is 1.00 bits per heavy atom. The molecule has 8 heteroatoms. The molecule has 0 bridgehead atoms. The zero-order valence-electron chi connectivity index (χ0n) is 16.9. The van der Waals surface area contributed by atoms with Crippen LogP contribution in [-0.2, 0) is 17.8 Å². The SMILES string of the molecule is O=C(CCCCc1cc(O)c(O)c([N+](=O)[O-])c1)N1CCN(Cc2ccccc2)CC1. The molecule has 2 aromatic rings. The molecule has 0 atom stereocenters. The topological polar surface area (TPSA) is 107 Å². The number of phenolic OH excluding ortho intramolecular Hbond substituents is 2. The highest BCUT2D eigenvalue weighted by atomic mass is 16.6. The molecule has 0 saturated carbocycles. The Hall–Kier alpha value is -3.13. The first kappa shape index (κ1) is 21.6. The minimum atomic E-state index is -0.723. The molecule has 3 rings (SSSR count). The third-order valence-electron chi connectivity index (χ3n) is 5.41. The van der Waals surface area contributed by atoms with E-state index in [1.807, 2.05) is 23.1 Å².